The second-order valence-electron chi connectivity index (χ2n) is 5.36. The van der Waals surface area contributed by atoms with Gasteiger partial charge in [-0.05, 0) is 13.8 Å². The van der Waals surface area contributed by atoms with E-state index < -0.39 is 11.5 Å². The molecule has 0 N–H and O–H groups in total. The van der Waals surface area contributed by atoms with E-state index in [9.17, 15) is 4.79 Å². The molecule has 0 aliphatic rings. The van der Waals surface area contributed by atoms with E-state index in [1.165, 1.54) is 38.4 Å². The second kappa shape index (κ2) is 6.74. The number of hydrogen-bond donors (Lipinski definition) is 0. The maximum Gasteiger partial charge on any atom is 0.245 e. The fourth-order valence-electron chi connectivity index (χ4n) is 2.13. The van der Waals surface area contributed by atoms with Crippen molar-refractivity contribution in [3.8, 4) is 11.8 Å². The molecule has 23 heavy (non-hydrogen) atoms. The minimum absolute atomic E-state index is 0.256. The predicted octanol–water partition coefficient (Wildman–Crippen LogP) is 1.54. The summed E-state index contributed by atoms with van der Waals surface area (Å²) in [5.41, 5.74) is -0.848. The first-order valence-corrected chi connectivity index (χ1v) is 6.97. The Morgan fingerprint density at radius 1 is 1.17 bits per heavy atom. The number of hydrogen-bond acceptors (Lipinski definition) is 7. The molecule has 0 aliphatic carbocycles. The Labute approximate surface area is 134 Å². The van der Waals surface area contributed by atoms with Crippen molar-refractivity contribution < 1.29 is 19.0 Å². The molecule has 0 fully saturated rings. The molecule has 0 bridgehead atoms. The van der Waals surface area contributed by atoms with E-state index in [-0.39, 0.29) is 11.7 Å². The molecule has 0 radical (unpaired) electrons. The highest BCUT2D eigenvalue weighted by Crippen LogP contribution is 2.32. The largest absolute Gasteiger partial charge is 0.481 e. The fourth-order valence-corrected chi connectivity index (χ4v) is 2.13. The molecule has 0 saturated carbocycles. The summed E-state index contributed by atoms with van der Waals surface area (Å²) < 4.78 is 17.2. The Hall–Kier alpha value is -2.48. The van der Waals surface area contributed by atoms with Crippen molar-refractivity contribution in [3.05, 3.63) is 30.6 Å². The second-order valence-corrected chi connectivity index (χ2v) is 5.36. The molecule has 1 unspecified atom stereocenters. The molecule has 2 heterocycles. The van der Waals surface area contributed by atoms with Gasteiger partial charge in [0, 0.05) is 19.5 Å². The van der Waals surface area contributed by atoms with Gasteiger partial charge in [-0.15, -0.1) is 0 Å². The molecule has 2 aromatic rings. The van der Waals surface area contributed by atoms with Crippen LogP contribution in [0.3, 0.4) is 0 Å². The summed E-state index contributed by atoms with van der Waals surface area (Å²) in [6, 6.07) is 1.54. The van der Waals surface area contributed by atoms with Crippen LogP contribution < -0.4 is 9.47 Å². The van der Waals surface area contributed by atoms with Crippen molar-refractivity contribution in [2.24, 2.45) is 0 Å². The summed E-state index contributed by atoms with van der Waals surface area (Å²) in [5.74, 6) is -0.161. The summed E-state index contributed by atoms with van der Waals surface area (Å²) in [6.45, 7) is 3.59. The van der Waals surface area contributed by atoms with Gasteiger partial charge in [0.05, 0.1) is 25.9 Å². The number of imidazole rings is 1. The third-order valence-electron chi connectivity index (χ3n) is 3.60. The number of rotatable bonds is 6. The first-order valence-electron chi connectivity index (χ1n) is 6.97. The highest BCUT2D eigenvalue weighted by atomic mass is 16.5. The van der Waals surface area contributed by atoms with E-state index >= 15 is 0 Å². The summed E-state index contributed by atoms with van der Waals surface area (Å²) >= 11 is 0. The number of aromatic nitrogens is 4. The van der Waals surface area contributed by atoms with Crippen molar-refractivity contribution in [1.82, 2.24) is 19.5 Å². The van der Waals surface area contributed by atoms with E-state index in [1.54, 1.807) is 26.1 Å². The number of methoxy groups -OCH3 is 3. The first kappa shape index (κ1) is 16.9. The highest BCUT2D eigenvalue weighted by Gasteiger charge is 2.40. The zero-order valence-corrected chi connectivity index (χ0v) is 13.8. The molecule has 8 nitrogen and oxygen atoms in total. The lowest BCUT2D eigenvalue weighted by molar-refractivity contribution is -0.00264. The van der Waals surface area contributed by atoms with Crippen molar-refractivity contribution >= 4 is 5.91 Å². The predicted molar refractivity (Wildman–Crippen MR) is 81.8 cm³/mol. The van der Waals surface area contributed by atoms with E-state index in [4.69, 9.17) is 14.2 Å². The Bertz CT molecular complexity index is 648. The summed E-state index contributed by atoms with van der Waals surface area (Å²) in [6.07, 6.45) is 4.53. The molecule has 0 saturated heterocycles. The quantitative estimate of drug-likeness (QED) is 0.797. The van der Waals surface area contributed by atoms with E-state index in [0.717, 1.165) is 0 Å². The monoisotopic (exact) mass is 320 g/mol. The van der Waals surface area contributed by atoms with Gasteiger partial charge in [0.2, 0.25) is 17.7 Å². The number of nitrogens with zero attached hydrogens (tertiary/aromatic N) is 4. The minimum Gasteiger partial charge on any atom is -0.481 e. The van der Waals surface area contributed by atoms with Crippen LogP contribution in [0.25, 0.3) is 0 Å². The van der Waals surface area contributed by atoms with Crippen LogP contribution in [0.15, 0.2) is 24.8 Å². The topological polar surface area (TPSA) is 88.4 Å². The third kappa shape index (κ3) is 3.48. The van der Waals surface area contributed by atoms with Gasteiger partial charge in [-0.3, -0.25) is 9.36 Å². The average Bonchev–Trinajstić information content (AvgIpc) is 3.08. The van der Waals surface area contributed by atoms with Crippen LogP contribution in [-0.4, -0.2) is 52.4 Å². The first-order chi connectivity index (χ1) is 10.9. The lowest BCUT2D eigenvalue weighted by Gasteiger charge is -2.31. The van der Waals surface area contributed by atoms with Crippen LogP contribution in [0, 0.1) is 0 Å². The Balaban J connectivity index is 2.56. The lowest BCUT2D eigenvalue weighted by atomic mass is 9.88. The average molecular weight is 320 g/mol. The zero-order valence-electron chi connectivity index (χ0n) is 13.8. The molecule has 0 spiro atoms. The maximum atomic E-state index is 12.9. The molecule has 0 amide bonds. The van der Waals surface area contributed by atoms with Crippen molar-refractivity contribution in [1.29, 1.82) is 0 Å². The van der Waals surface area contributed by atoms with Gasteiger partial charge in [-0.1, -0.05) is 0 Å². The van der Waals surface area contributed by atoms with Crippen LogP contribution in [-0.2, 0) is 4.74 Å². The van der Waals surface area contributed by atoms with Crippen LogP contribution in [0.2, 0.25) is 0 Å². The zero-order chi connectivity index (χ0) is 17.0. The van der Waals surface area contributed by atoms with Crippen LogP contribution in [0.5, 0.6) is 11.8 Å². The van der Waals surface area contributed by atoms with Crippen LogP contribution in [0.4, 0.5) is 0 Å². The summed E-state index contributed by atoms with van der Waals surface area (Å²) in [4.78, 5) is 25.4. The molecule has 2 rings (SSSR count). The highest BCUT2D eigenvalue weighted by molar-refractivity contribution is 5.86. The lowest BCUT2D eigenvalue weighted by Crippen LogP contribution is -2.40. The number of carbonyl (C=O) groups excluding carboxylic acids is 1. The normalized spacial score (nSPS) is 12.7. The number of ether oxygens (including phenoxy) is 3. The minimum atomic E-state index is -0.848. The fraction of sp³-hybridized carbons (Fsp3) is 0.467. The molecule has 0 aromatic carbocycles. The Kier molecular flexibility index (Phi) is 4.95. The van der Waals surface area contributed by atoms with Gasteiger partial charge < -0.3 is 14.2 Å². The van der Waals surface area contributed by atoms with Crippen LogP contribution >= 0.6 is 0 Å². The maximum absolute atomic E-state index is 12.9. The molecular weight excluding hydrogens is 300 g/mol. The van der Waals surface area contributed by atoms with Gasteiger partial charge in [0.25, 0.3) is 0 Å². The van der Waals surface area contributed by atoms with Crippen LogP contribution in [0.1, 0.15) is 30.4 Å². The van der Waals surface area contributed by atoms with Gasteiger partial charge in [-0.2, -0.15) is 9.97 Å². The molecule has 1 atom stereocenters. The van der Waals surface area contributed by atoms with Crippen molar-refractivity contribution in [3.63, 3.8) is 0 Å². The molecule has 0 aliphatic heterocycles. The molecular formula is C15H20N4O4. The van der Waals surface area contributed by atoms with Crippen molar-refractivity contribution in [2.75, 3.05) is 21.3 Å². The number of carbonyl (C=O) groups is 1. The van der Waals surface area contributed by atoms with E-state index in [0.29, 0.717) is 11.8 Å². The SMILES string of the molecule is COc1cc(OC)nc(C(C(=O)n2ccnc2)C(C)(C)OC)n1. The van der Waals surface area contributed by atoms with E-state index in [2.05, 4.69) is 15.0 Å². The molecule has 2 aromatic heterocycles. The van der Waals surface area contributed by atoms with Gasteiger partial charge in [-0.25, -0.2) is 4.98 Å². The molecule has 124 valence electrons. The van der Waals surface area contributed by atoms with Gasteiger partial charge >= 0.3 is 0 Å². The Morgan fingerprint density at radius 2 is 1.78 bits per heavy atom. The van der Waals surface area contributed by atoms with Gasteiger partial charge in [0.15, 0.2) is 5.82 Å². The Morgan fingerprint density at radius 3 is 2.22 bits per heavy atom. The molecule has 8 heteroatoms. The summed E-state index contributed by atoms with van der Waals surface area (Å²) in [7, 11) is 4.50. The standard InChI is InChI=1S/C15H20N4O4/c1-15(2,23-5)12(14(20)19-7-6-16-9-19)13-17-10(21-3)8-11(18-13)22-4/h6-9,12H,1-5H3. The smallest absolute Gasteiger partial charge is 0.245 e. The summed E-state index contributed by atoms with van der Waals surface area (Å²) in [5, 5.41) is 0. The third-order valence-corrected chi connectivity index (χ3v) is 3.60. The van der Waals surface area contributed by atoms with Crippen molar-refractivity contribution in [2.45, 2.75) is 25.4 Å². The van der Waals surface area contributed by atoms with E-state index in [1.807, 2.05) is 0 Å². The van der Waals surface area contributed by atoms with Gasteiger partial charge in [0.1, 0.15) is 12.2 Å².